The molecule has 1 saturated heterocycles. The van der Waals surface area contributed by atoms with Crippen LogP contribution in [-0.2, 0) is 25.7 Å². The van der Waals surface area contributed by atoms with E-state index in [1.165, 1.54) is 0 Å². The van der Waals surface area contributed by atoms with Gasteiger partial charge in [-0.15, -0.1) is 0 Å². The zero-order valence-electron chi connectivity index (χ0n) is 13.3. The molecular weight excluding hydrogens is 373 g/mol. The minimum absolute atomic E-state index is 0.116. The molecule has 1 aromatic rings. The molecule has 1 fully saturated rings. The van der Waals surface area contributed by atoms with Crippen LogP contribution in [0.25, 0.3) is 0 Å². The lowest BCUT2D eigenvalue weighted by Gasteiger charge is -2.23. The van der Waals surface area contributed by atoms with Crippen LogP contribution in [0.4, 0.5) is 0 Å². The maximum absolute atomic E-state index is 9.55. The van der Waals surface area contributed by atoms with Crippen LogP contribution in [0.3, 0.4) is 0 Å². The van der Waals surface area contributed by atoms with Crippen molar-refractivity contribution in [2.75, 3.05) is 26.3 Å². The summed E-state index contributed by atoms with van der Waals surface area (Å²) in [6, 6.07) is 5.44. The second-order valence-corrected chi connectivity index (χ2v) is 5.74. The molecule has 1 aliphatic rings. The standard InChI is InChI=1S/C12H15Cl2NO2.C4H4O4/c13-11-2-1-3-12(14)10(11)8-16-7-9-6-15-4-5-17-9;5-3(6)1-2-4(7)8/h1-3,9,15H,4-8H2;1-2H,(H,5,6)(H,7,8)/b;2-1-. The molecule has 3 N–H and O–H groups in total. The summed E-state index contributed by atoms with van der Waals surface area (Å²) >= 11 is 12.1. The van der Waals surface area contributed by atoms with E-state index in [-0.39, 0.29) is 6.10 Å². The van der Waals surface area contributed by atoms with Crippen molar-refractivity contribution in [1.82, 2.24) is 5.32 Å². The Kier molecular flexibility index (Phi) is 10.1. The van der Waals surface area contributed by atoms with E-state index in [1.54, 1.807) is 0 Å². The first-order chi connectivity index (χ1) is 11.9. The third-order valence-corrected chi connectivity index (χ3v) is 3.69. The lowest BCUT2D eigenvalue weighted by atomic mass is 10.2. The number of rotatable bonds is 6. The Labute approximate surface area is 155 Å². The van der Waals surface area contributed by atoms with Crippen LogP contribution in [0.5, 0.6) is 0 Å². The number of aliphatic carboxylic acids is 2. The fourth-order valence-corrected chi connectivity index (χ4v) is 2.34. The number of carbonyl (C=O) groups is 2. The van der Waals surface area contributed by atoms with Gasteiger partial charge in [0, 0.05) is 40.9 Å². The highest BCUT2D eigenvalue weighted by Crippen LogP contribution is 2.24. The van der Waals surface area contributed by atoms with Crippen LogP contribution in [0.2, 0.25) is 10.0 Å². The number of hydrogen-bond acceptors (Lipinski definition) is 5. The van der Waals surface area contributed by atoms with E-state index in [9.17, 15) is 9.59 Å². The van der Waals surface area contributed by atoms with Gasteiger partial charge in [0.05, 0.1) is 25.9 Å². The summed E-state index contributed by atoms with van der Waals surface area (Å²) in [5, 5.41) is 20.2. The maximum Gasteiger partial charge on any atom is 0.328 e. The molecule has 25 heavy (non-hydrogen) atoms. The molecule has 7 nitrogen and oxygen atoms in total. The van der Waals surface area contributed by atoms with Crippen molar-refractivity contribution in [3.05, 3.63) is 46.0 Å². The molecule has 1 atom stereocenters. The predicted octanol–water partition coefficient (Wildman–Crippen LogP) is 2.21. The van der Waals surface area contributed by atoms with Gasteiger partial charge in [0.15, 0.2) is 0 Å². The monoisotopic (exact) mass is 391 g/mol. The van der Waals surface area contributed by atoms with Gasteiger partial charge in [-0.05, 0) is 12.1 Å². The van der Waals surface area contributed by atoms with Crippen LogP contribution >= 0.6 is 23.2 Å². The van der Waals surface area contributed by atoms with E-state index in [1.807, 2.05) is 18.2 Å². The summed E-state index contributed by atoms with van der Waals surface area (Å²) in [6.07, 6.45) is 1.23. The van der Waals surface area contributed by atoms with Crippen LogP contribution in [0.15, 0.2) is 30.4 Å². The van der Waals surface area contributed by atoms with Gasteiger partial charge in [0.1, 0.15) is 0 Å². The van der Waals surface area contributed by atoms with Gasteiger partial charge in [0.25, 0.3) is 0 Å². The van der Waals surface area contributed by atoms with Crippen molar-refractivity contribution in [1.29, 1.82) is 0 Å². The number of halogens is 2. The number of hydrogen-bond donors (Lipinski definition) is 3. The molecule has 0 bridgehead atoms. The van der Waals surface area contributed by atoms with E-state index >= 15 is 0 Å². The average molecular weight is 392 g/mol. The normalized spacial score (nSPS) is 17.0. The number of morpholine rings is 1. The topological polar surface area (TPSA) is 105 Å². The first-order valence-corrected chi connectivity index (χ1v) is 8.12. The van der Waals surface area contributed by atoms with Crippen molar-refractivity contribution in [3.63, 3.8) is 0 Å². The van der Waals surface area contributed by atoms with Crippen molar-refractivity contribution in [2.45, 2.75) is 12.7 Å². The Morgan fingerprint density at radius 2 is 1.84 bits per heavy atom. The molecule has 1 heterocycles. The number of benzene rings is 1. The van der Waals surface area contributed by atoms with Gasteiger partial charge >= 0.3 is 11.9 Å². The minimum atomic E-state index is -1.26. The molecule has 0 saturated carbocycles. The zero-order chi connectivity index (χ0) is 18.7. The molecule has 0 aromatic heterocycles. The SMILES string of the molecule is Clc1cccc(Cl)c1COCC1CNCCO1.O=C(O)/C=C\C(=O)O. The molecule has 0 spiro atoms. The number of carboxylic acids is 2. The van der Waals surface area contributed by atoms with Gasteiger partial charge < -0.3 is 25.0 Å². The van der Waals surface area contributed by atoms with Crippen LogP contribution in [0.1, 0.15) is 5.56 Å². The highest BCUT2D eigenvalue weighted by molar-refractivity contribution is 6.35. The van der Waals surface area contributed by atoms with Gasteiger partial charge in [-0.3, -0.25) is 0 Å². The maximum atomic E-state index is 9.55. The van der Waals surface area contributed by atoms with E-state index in [0.717, 1.165) is 25.3 Å². The summed E-state index contributed by atoms with van der Waals surface area (Å²) in [5.74, 6) is -2.51. The second kappa shape index (κ2) is 11.8. The molecule has 138 valence electrons. The Balaban J connectivity index is 0.000000333. The first-order valence-electron chi connectivity index (χ1n) is 7.37. The highest BCUT2D eigenvalue weighted by atomic mass is 35.5. The Morgan fingerprint density at radius 1 is 1.24 bits per heavy atom. The minimum Gasteiger partial charge on any atom is -0.478 e. The molecule has 1 unspecified atom stereocenters. The molecule has 1 aromatic carbocycles. The molecule has 0 aliphatic carbocycles. The molecule has 2 rings (SSSR count). The summed E-state index contributed by atoms with van der Waals surface area (Å²) in [7, 11) is 0. The third-order valence-electron chi connectivity index (χ3n) is 2.98. The van der Waals surface area contributed by atoms with Crippen LogP contribution in [-0.4, -0.2) is 54.6 Å². The van der Waals surface area contributed by atoms with E-state index in [0.29, 0.717) is 35.4 Å². The first kappa shape index (κ1) is 21.4. The molecular formula is C16H19Cl2NO6. The summed E-state index contributed by atoms with van der Waals surface area (Å²) in [5.41, 5.74) is 0.833. The third kappa shape index (κ3) is 9.42. The van der Waals surface area contributed by atoms with Crippen molar-refractivity contribution >= 4 is 35.1 Å². The van der Waals surface area contributed by atoms with Crippen molar-refractivity contribution in [3.8, 4) is 0 Å². The predicted molar refractivity (Wildman–Crippen MR) is 93.1 cm³/mol. The van der Waals surface area contributed by atoms with Gasteiger partial charge in [-0.1, -0.05) is 29.3 Å². The fourth-order valence-electron chi connectivity index (χ4n) is 1.83. The summed E-state index contributed by atoms with van der Waals surface area (Å²) in [6.45, 7) is 3.44. The van der Waals surface area contributed by atoms with E-state index in [2.05, 4.69) is 5.32 Å². The lowest BCUT2D eigenvalue weighted by Crippen LogP contribution is -2.40. The molecule has 9 heteroatoms. The van der Waals surface area contributed by atoms with Gasteiger partial charge in [0.2, 0.25) is 0 Å². The average Bonchev–Trinajstić information content (AvgIpc) is 2.57. The molecule has 1 aliphatic heterocycles. The second-order valence-electron chi connectivity index (χ2n) is 4.92. The number of nitrogens with one attached hydrogen (secondary N) is 1. The Hall–Kier alpha value is -1.64. The largest absolute Gasteiger partial charge is 0.478 e. The lowest BCUT2D eigenvalue weighted by molar-refractivity contribution is -0.134. The van der Waals surface area contributed by atoms with Crippen LogP contribution in [0, 0.1) is 0 Å². The fraction of sp³-hybridized carbons (Fsp3) is 0.375. The Bertz CT molecular complexity index is 566. The zero-order valence-corrected chi connectivity index (χ0v) is 14.8. The van der Waals surface area contributed by atoms with E-state index in [4.69, 9.17) is 42.9 Å². The quantitative estimate of drug-likeness (QED) is 0.638. The summed E-state index contributed by atoms with van der Waals surface area (Å²) in [4.78, 5) is 19.1. The molecule has 0 radical (unpaired) electrons. The summed E-state index contributed by atoms with van der Waals surface area (Å²) < 4.78 is 11.1. The van der Waals surface area contributed by atoms with Gasteiger partial charge in [-0.2, -0.15) is 0 Å². The number of carboxylic acid groups (broad SMARTS) is 2. The van der Waals surface area contributed by atoms with E-state index < -0.39 is 11.9 Å². The van der Waals surface area contributed by atoms with Gasteiger partial charge in [-0.25, -0.2) is 9.59 Å². The van der Waals surface area contributed by atoms with Crippen LogP contribution < -0.4 is 5.32 Å². The highest BCUT2D eigenvalue weighted by Gasteiger charge is 2.14. The van der Waals surface area contributed by atoms with Crippen molar-refractivity contribution < 1.29 is 29.3 Å². The Morgan fingerprint density at radius 3 is 2.32 bits per heavy atom. The number of ether oxygens (including phenoxy) is 2. The van der Waals surface area contributed by atoms with Crippen molar-refractivity contribution in [2.24, 2.45) is 0 Å². The smallest absolute Gasteiger partial charge is 0.328 e. The molecule has 0 amide bonds.